The monoisotopic (exact) mass is 534 g/mol. The molecule has 1 fully saturated rings. The number of aromatic carboxylic acids is 1. The first-order valence-electron chi connectivity index (χ1n) is 13.3. The number of rotatable bonds is 9. The van der Waals surface area contributed by atoms with Crippen molar-refractivity contribution in [1.82, 2.24) is 4.90 Å². The summed E-state index contributed by atoms with van der Waals surface area (Å²) >= 11 is 0. The van der Waals surface area contributed by atoms with Crippen LogP contribution in [0, 0.1) is 5.82 Å². The van der Waals surface area contributed by atoms with Crippen molar-refractivity contribution in [2.24, 2.45) is 5.16 Å². The molecule has 0 saturated carbocycles. The van der Waals surface area contributed by atoms with Gasteiger partial charge in [0, 0.05) is 45.0 Å². The molecule has 0 bridgehead atoms. The van der Waals surface area contributed by atoms with Crippen molar-refractivity contribution in [3.05, 3.63) is 77.4 Å². The number of ether oxygens (including phenoxy) is 2. The maximum Gasteiger partial charge on any atom is 0.341 e. The van der Waals surface area contributed by atoms with E-state index in [1.807, 2.05) is 13.8 Å². The van der Waals surface area contributed by atoms with Gasteiger partial charge in [-0.1, -0.05) is 17.3 Å². The lowest BCUT2D eigenvalue weighted by molar-refractivity contribution is -0.380. The van der Waals surface area contributed by atoms with Gasteiger partial charge in [-0.3, -0.25) is 4.90 Å². The number of halogens is 1. The Balaban J connectivity index is 1.27. The second-order valence-electron chi connectivity index (χ2n) is 9.90. The summed E-state index contributed by atoms with van der Waals surface area (Å²) < 4.78 is 25.6. The Bertz CT molecular complexity index is 1320. The third-order valence-corrected chi connectivity index (χ3v) is 7.24. The summed E-state index contributed by atoms with van der Waals surface area (Å²) in [5.74, 6) is 0.187. The van der Waals surface area contributed by atoms with Gasteiger partial charge in [0.05, 0.1) is 18.8 Å². The number of nitrogens with one attached hydrogen (secondary N) is 1. The first-order valence-corrected chi connectivity index (χ1v) is 13.3. The molecule has 39 heavy (non-hydrogen) atoms. The van der Waals surface area contributed by atoms with E-state index in [2.05, 4.69) is 27.2 Å². The van der Waals surface area contributed by atoms with Gasteiger partial charge in [0.1, 0.15) is 28.5 Å². The SMILES string of the molecule is CCOc1cc(CN2CCC3(CC2)CC(c2ccc(C(=O)O)c[nH+]2)=NO3)cc(OCC)c1-c1ccc(F)cc1. The van der Waals surface area contributed by atoms with Crippen LogP contribution < -0.4 is 14.5 Å². The molecule has 2 aliphatic rings. The summed E-state index contributed by atoms with van der Waals surface area (Å²) in [6.45, 7) is 7.33. The van der Waals surface area contributed by atoms with Gasteiger partial charge < -0.3 is 19.4 Å². The lowest BCUT2D eigenvalue weighted by Gasteiger charge is -2.37. The molecule has 9 heteroatoms. The molecule has 0 atom stereocenters. The van der Waals surface area contributed by atoms with Crippen molar-refractivity contribution in [2.45, 2.75) is 45.3 Å². The first-order chi connectivity index (χ1) is 18.9. The molecule has 0 radical (unpaired) electrons. The molecule has 0 unspecified atom stereocenters. The van der Waals surface area contributed by atoms with Gasteiger partial charge in [-0.05, 0) is 55.3 Å². The normalized spacial score (nSPS) is 16.5. The summed E-state index contributed by atoms with van der Waals surface area (Å²) in [6.07, 6.45) is 3.82. The Morgan fingerprint density at radius 3 is 2.31 bits per heavy atom. The summed E-state index contributed by atoms with van der Waals surface area (Å²) in [5.41, 5.74) is 4.20. The van der Waals surface area contributed by atoms with Gasteiger partial charge in [0.25, 0.3) is 0 Å². The fraction of sp³-hybridized carbons (Fsp3) is 0.367. The van der Waals surface area contributed by atoms with Crippen molar-refractivity contribution in [3.8, 4) is 22.6 Å². The van der Waals surface area contributed by atoms with Gasteiger partial charge in [0.15, 0.2) is 11.9 Å². The third kappa shape index (κ3) is 5.88. The van der Waals surface area contributed by atoms with Crippen molar-refractivity contribution in [1.29, 1.82) is 0 Å². The van der Waals surface area contributed by atoms with Crippen LogP contribution in [0.3, 0.4) is 0 Å². The fourth-order valence-corrected chi connectivity index (χ4v) is 5.22. The molecule has 2 N–H and O–H groups in total. The van der Waals surface area contributed by atoms with Crippen molar-refractivity contribution in [2.75, 3.05) is 26.3 Å². The second-order valence-corrected chi connectivity index (χ2v) is 9.90. The van der Waals surface area contributed by atoms with Gasteiger partial charge in [-0.25, -0.2) is 14.2 Å². The molecule has 2 aliphatic heterocycles. The van der Waals surface area contributed by atoms with Gasteiger partial charge in [-0.15, -0.1) is 0 Å². The molecular formula is C30H33FN3O5+. The highest BCUT2D eigenvalue weighted by atomic mass is 19.1. The van der Waals surface area contributed by atoms with Crippen LogP contribution >= 0.6 is 0 Å². The van der Waals surface area contributed by atoms with E-state index in [1.54, 1.807) is 24.3 Å². The summed E-state index contributed by atoms with van der Waals surface area (Å²) in [6, 6.07) is 13.8. The maximum absolute atomic E-state index is 13.6. The van der Waals surface area contributed by atoms with E-state index in [4.69, 9.17) is 19.4 Å². The number of hydrogen-bond donors (Lipinski definition) is 1. The van der Waals surface area contributed by atoms with Crippen LogP contribution in [0.2, 0.25) is 0 Å². The maximum atomic E-state index is 13.6. The minimum atomic E-state index is -0.974. The number of carboxylic acid groups (broad SMARTS) is 1. The van der Waals surface area contributed by atoms with Crippen molar-refractivity contribution in [3.63, 3.8) is 0 Å². The Labute approximate surface area is 227 Å². The highest BCUT2D eigenvalue weighted by Crippen LogP contribution is 2.41. The highest BCUT2D eigenvalue weighted by molar-refractivity contribution is 5.99. The number of aromatic amines is 1. The Kier molecular flexibility index (Phi) is 7.79. The molecule has 3 heterocycles. The minimum Gasteiger partial charge on any atom is -0.493 e. The summed E-state index contributed by atoms with van der Waals surface area (Å²) in [4.78, 5) is 22.5. The molecule has 8 nitrogen and oxygen atoms in total. The number of pyridine rings is 1. The molecular weight excluding hydrogens is 501 g/mol. The second kappa shape index (κ2) is 11.4. The van der Waals surface area contributed by atoms with E-state index >= 15 is 0 Å². The molecule has 204 valence electrons. The van der Waals surface area contributed by atoms with Crippen LogP contribution in [0.5, 0.6) is 11.5 Å². The van der Waals surface area contributed by atoms with Crippen molar-refractivity contribution < 1.29 is 33.6 Å². The number of nitrogens with zero attached hydrogens (tertiary/aromatic N) is 2. The van der Waals surface area contributed by atoms with Gasteiger partial charge in [0.2, 0.25) is 5.69 Å². The summed E-state index contributed by atoms with van der Waals surface area (Å²) in [7, 11) is 0. The average Bonchev–Trinajstić information content (AvgIpc) is 3.35. The molecule has 0 aliphatic carbocycles. The van der Waals surface area contributed by atoms with Crippen LogP contribution in [-0.2, 0) is 11.4 Å². The van der Waals surface area contributed by atoms with Crippen LogP contribution in [0.4, 0.5) is 4.39 Å². The van der Waals surface area contributed by atoms with E-state index in [1.165, 1.54) is 18.3 Å². The minimum absolute atomic E-state index is 0.201. The predicted molar refractivity (Wildman–Crippen MR) is 144 cm³/mol. The average molecular weight is 535 g/mol. The van der Waals surface area contributed by atoms with E-state index in [9.17, 15) is 9.18 Å². The predicted octanol–water partition coefficient (Wildman–Crippen LogP) is 4.96. The first kappa shape index (κ1) is 26.6. The third-order valence-electron chi connectivity index (χ3n) is 7.24. The number of aromatic nitrogens is 1. The van der Waals surface area contributed by atoms with Crippen LogP contribution in [0.15, 0.2) is 59.9 Å². The molecule has 3 aromatic rings. The molecule has 1 aromatic heterocycles. The van der Waals surface area contributed by atoms with E-state index in [0.29, 0.717) is 19.6 Å². The molecule has 5 rings (SSSR count). The molecule has 2 aromatic carbocycles. The largest absolute Gasteiger partial charge is 0.493 e. The molecule has 1 saturated heterocycles. The zero-order chi connectivity index (χ0) is 27.4. The van der Waals surface area contributed by atoms with Crippen LogP contribution in [0.25, 0.3) is 11.1 Å². The Hall–Kier alpha value is -3.98. The van der Waals surface area contributed by atoms with Crippen molar-refractivity contribution >= 4 is 11.7 Å². The lowest BCUT2D eigenvalue weighted by Crippen LogP contribution is -2.44. The quantitative estimate of drug-likeness (QED) is 0.417. The topological polar surface area (TPSA) is 94.7 Å². The molecule has 1 spiro atoms. The lowest BCUT2D eigenvalue weighted by atomic mass is 9.86. The number of oxime groups is 1. The number of likely N-dealkylation sites (tertiary alicyclic amines) is 1. The van der Waals surface area contributed by atoms with Gasteiger partial charge >= 0.3 is 5.97 Å². The van der Waals surface area contributed by atoms with Crippen LogP contribution in [-0.4, -0.2) is 53.6 Å². The van der Waals surface area contributed by atoms with E-state index < -0.39 is 5.97 Å². The number of H-pyrrole nitrogens is 1. The van der Waals surface area contributed by atoms with Crippen LogP contribution in [0.1, 0.15) is 54.7 Å². The Morgan fingerprint density at radius 2 is 1.74 bits per heavy atom. The number of benzene rings is 2. The van der Waals surface area contributed by atoms with Gasteiger partial charge in [-0.2, -0.15) is 0 Å². The Morgan fingerprint density at radius 1 is 1.08 bits per heavy atom. The standard InChI is InChI=1S/C30H32FN3O5/c1-3-37-26-15-20(16-27(38-4-2)28(26)21-5-8-23(31)9-6-21)19-34-13-11-30(12-14-34)17-25(33-39-30)24-10-7-22(18-32-24)29(35)36/h5-10,15-16,18H,3-4,11-14,17,19H2,1-2H3,(H,35,36)/p+1. The van der Waals surface area contributed by atoms with E-state index in [0.717, 1.165) is 72.1 Å². The van der Waals surface area contributed by atoms with E-state index in [-0.39, 0.29) is 17.0 Å². The number of carboxylic acids is 1. The number of hydrogen-bond acceptors (Lipinski definition) is 6. The zero-order valence-electron chi connectivity index (χ0n) is 22.2. The highest BCUT2D eigenvalue weighted by Gasteiger charge is 2.43. The molecule has 0 amide bonds. The number of piperidine rings is 1. The smallest absolute Gasteiger partial charge is 0.341 e. The zero-order valence-corrected chi connectivity index (χ0v) is 22.2. The summed E-state index contributed by atoms with van der Waals surface area (Å²) in [5, 5.41) is 13.5. The number of carbonyl (C=O) groups is 1. The fourth-order valence-electron chi connectivity index (χ4n) is 5.22.